The van der Waals surface area contributed by atoms with Crippen molar-refractivity contribution in [3.8, 4) is 0 Å². The summed E-state index contributed by atoms with van der Waals surface area (Å²) in [5, 5.41) is 3.59. The molecule has 0 aromatic heterocycles. The zero-order chi connectivity index (χ0) is 15.4. The van der Waals surface area contributed by atoms with Gasteiger partial charge in [-0.25, -0.2) is 0 Å². The summed E-state index contributed by atoms with van der Waals surface area (Å²) in [6, 6.07) is 0.0346. The summed E-state index contributed by atoms with van der Waals surface area (Å²) in [6.07, 6.45) is 4.88. The van der Waals surface area contributed by atoms with Gasteiger partial charge in [0, 0.05) is 13.1 Å². The molecule has 2 aliphatic rings. The van der Waals surface area contributed by atoms with E-state index < -0.39 is 0 Å². The Morgan fingerprint density at radius 2 is 1.67 bits per heavy atom. The van der Waals surface area contributed by atoms with E-state index in [1.807, 2.05) is 0 Å². The second kappa shape index (κ2) is 7.59. The van der Waals surface area contributed by atoms with Crippen LogP contribution in [0.1, 0.15) is 53.4 Å². The lowest BCUT2D eigenvalue weighted by Gasteiger charge is -2.27. The van der Waals surface area contributed by atoms with Gasteiger partial charge in [-0.2, -0.15) is 0 Å². The molecule has 0 radical (unpaired) electrons. The smallest absolute Gasteiger partial charge is 0.241 e. The third kappa shape index (κ3) is 4.68. The minimum atomic E-state index is 0.0346. The number of hydrogen-bond acceptors (Lipinski definition) is 3. The number of likely N-dealkylation sites (tertiary alicyclic amines) is 1. The number of carbonyl (C=O) groups excluding carboxylic acids is 1. The van der Waals surface area contributed by atoms with E-state index in [2.05, 4.69) is 42.8 Å². The van der Waals surface area contributed by atoms with Crippen LogP contribution in [0, 0.1) is 11.8 Å². The normalized spacial score (nSPS) is 27.5. The Labute approximate surface area is 130 Å². The average molecular weight is 295 g/mol. The minimum Gasteiger partial charge on any atom is -0.325 e. The van der Waals surface area contributed by atoms with Gasteiger partial charge in [0.1, 0.15) is 0 Å². The van der Waals surface area contributed by atoms with Crippen LogP contribution in [0.4, 0.5) is 0 Å². The molecule has 2 aliphatic heterocycles. The maximum Gasteiger partial charge on any atom is 0.241 e. The monoisotopic (exact) mass is 295 g/mol. The number of rotatable bonds is 7. The Morgan fingerprint density at radius 3 is 2.24 bits per heavy atom. The predicted molar refractivity (Wildman–Crippen MR) is 87.0 cm³/mol. The van der Waals surface area contributed by atoms with Crippen LogP contribution in [0.2, 0.25) is 0 Å². The van der Waals surface area contributed by atoms with Crippen molar-refractivity contribution in [2.75, 3.05) is 26.2 Å². The molecule has 0 aromatic carbocycles. The first kappa shape index (κ1) is 16.8. The van der Waals surface area contributed by atoms with E-state index in [1.165, 1.54) is 25.9 Å². The third-order valence-corrected chi connectivity index (χ3v) is 4.61. The van der Waals surface area contributed by atoms with Crippen molar-refractivity contribution >= 4 is 5.91 Å². The predicted octanol–water partition coefficient (Wildman–Crippen LogP) is 2.30. The molecule has 2 rings (SSSR count). The summed E-state index contributed by atoms with van der Waals surface area (Å²) < 4.78 is 0. The molecule has 0 saturated carbocycles. The van der Waals surface area contributed by atoms with E-state index in [1.54, 1.807) is 0 Å². The molecule has 21 heavy (non-hydrogen) atoms. The summed E-state index contributed by atoms with van der Waals surface area (Å²) in [7, 11) is 0. The number of amides is 1. The van der Waals surface area contributed by atoms with Crippen LogP contribution in [0.15, 0.2) is 0 Å². The lowest BCUT2D eigenvalue weighted by Crippen LogP contribution is -2.42. The van der Waals surface area contributed by atoms with E-state index in [0.717, 1.165) is 25.9 Å². The summed E-state index contributed by atoms with van der Waals surface area (Å²) >= 11 is 0. The van der Waals surface area contributed by atoms with Crippen molar-refractivity contribution in [3.05, 3.63) is 0 Å². The quantitative estimate of drug-likeness (QED) is 0.783. The largest absolute Gasteiger partial charge is 0.325 e. The van der Waals surface area contributed by atoms with Crippen LogP contribution in [-0.4, -0.2) is 54.1 Å². The Bertz CT molecular complexity index is 337. The molecule has 0 aromatic rings. The molecule has 0 spiro atoms. The molecule has 2 fully saturated rings. The molecule has 1 amide bonds. The molecule has 122 valence electrons. The molecule has 2 atom stereocenters. The second-order valence-electron chi connectivity index (χ2n) is 7.57. The van der Waals surface area contributed by atoms with Gasteiger partial charge in [-0.15, -0.1) is 0 Å². The fourth-order valence-corrected chi connectivity index (χ4v) is 3.55. The van der Waals surface area contributed by atoms with Crippen LogP contribution in [0.5, 0.6) is 0 Å². The van der Waals surface area contributed by atoms with Crippen molar-refractivity contribution in [1.29, 1.82) is 0 Å². The van der Waals surface area contributed by atoms with Gasteiger partial charge in [0.05, 0.1) is 12.2 Å². The van der Waals surface area contributed by atoms with E-state index in [-0.39, 0.29) is 12.2 Å². The van der Waals surface area contributed by atoms with Crippen LogP contribution in [0.3, 0.4) is 0 Å². The number of nitrogens with zero attached hydrogens (tertiary/aromatic N) is 2. The van der Waals surface area contributed by atoms with Gasteiger partial charge in [0.25, 0.3) is 0 Å². The molecule has 4 heteroatoms. The number of nitrogens with one attached hydrogen (secondary N) is 1. The van der Waals surface area contributed by atoms with Gasteiger partial charge in [-0.3, -0.25) is 10.1 Å². The standard InChI is InChI=1S/C17H33N3O/c1-13(2)11-15-17(21)20(16(18-15)12-14(3)4)10-9-19-7-5-6-8-19/h13-16,18H,5-12H2,1-4H3. The minimum absolute atomic E-state index is 0.0346. The fourth-order valence-electron chi connectivity index (χ4n) is 3.55. The Morgan fingerprint density at radius 1 is 1.05 bits per heavy atom. The molecule has 0 bridgehead atoms. The van der Waals surface area contributed by atoms with Gasteiger partial charge in [0.15, 0.2) is 0 Å². The first-order chi connectivity index (χ1) is 9.97. The highest BCUT2D eigenvalue weighted by Crippen LogP contribution is 2.21. The second-order valence-corrected chi connectivity index (χ2v) is 7.57. The zero-order valence-electron chi connectivity index (χ0n) is 14.3. The number of carbonyl (C=O) groups is 1. The molecular formula is C17H33N3O. The van der Waals surface area contributed by atoms with Crippen molar-refractivity contribution < 1.29 is 4.79 Å². The van der Waals surface area contributed by atoms with Crippen molar-refractivity contribution in [2.45, 2.75) is 65.6 Å². The zero-order valence-corrected chi connectivity index (χ0v) is 14.3. The van der Waals surface area contributed by atoms with Gasteiger partial charge < -0.3 is 9.80 Å². The van der Waals surface area contributed by atoms with Gasteiger partial charge in [-0.1, -0.05) is 27.7 Å². The lowest BCUT2D eigenvalue weighted by molar-refractivity contribution is -0.130. The molecule has 0 aliphatic carbocycles. The molecule has 1 N–H and O–H groups in total. The maximum absolute atomic E-state index is 12.7. The fraction of sp³-hybridized carbons (Fsp3) is 0.941. The highest BCUT2D eigenvalue weighted by atomic mass is 16.2. The van der Waals surface area contributed by atoms with Gasteiger partial charge >= 0.3 is 0 Å². The Kier molecular flexibility index (Phi) is 6.06. The number of hydrogen-bond donors (Lipinski definition) is 1. The Hall–Kier alpha value is -0.610. The molecule has 4 nitrogen and oxygen atoms in total. The first-order valence-electron chi connectivity index (χ1n) is 8.76. The Balaban J connectivity index is 1.93. The molecular weight excluding hydrogens is 262 g/mol. The van der Waals surface area contributed by atoms with Crippen molar-refractivity contribution in [2.24, 2.45) is 11.8 Å². The molecule has 2 unspecified atom stereocenters. The van der Waals surface area contributed by atoms with Crippen LogP contribution in [0.25, 0.3) is 0 Å². The SMILES string of the molecule is CC(C)CC1NC(CC(C)C)N(CCN2CCCC2)C1=O. The maximum atomic E-state index is 12.7. The first-order valence-corrected chi connectivity index (χ1v) is 8.76. The van der Waals surface area contributed by atoms with Crippen molar-refractivity contribution in [3.63, 3.8) is 0 Å². The van der Waals surface area contributed by atoms with E-state index in [4.69, 9.17) is 0 Å². The summed E-state index contributed by atoms with van der Waals surface area (Å²) in [4.78, 5) is 17.3. The highest BCUT2D eigenvalue weighted by Gasteiger charge is 2.38. The summed E-state index contributed by atoms with van der Waals surface area (Å²) in [5.74, 6) is 1.50. The van der Waals surface area contributed by atoms with Crippen LogP contribution >= 0.6 is 0 Å². The average Bonchev–Trinajstić information content (AvgIpc) is 2.97. The summed E-state index contributed by atoms with van der Waals surface area (Å²) in [6.45, 7) is 13.2. The summed E-state index contributed by atoms with van der Waals surface area (Å²) in [5.41, 5.74) is 0. The lowest BCUT2D eigenvalue weighted by atomic mass is 10.0. The third-order valence-electron chi connectivity index (χ3n) is 4.61. The van der Waals surface area contributed by atoms with E-state index >= 15 is 0 Å². The van der Waals surface area contributed by atoms with E-state index in [9.17, 15) is 4.79 Å². The van der Waals surface area contributed by atoms with Crippen LogP contribution < -0.4 is 5.32 Å². The van der Waals surface area contributed by atoms with Gasteiger partial charge in [0.2, 0.25) is 5.91 Å². The molecule has 2 heterocycles. The molecule has 2 saturated heterocycles. The highest BCUT2D eigenvalue weighted by molar-refractivity contribution is 5.84. The topological polar surface area (TPSA) is 35.6 Å². The van der Waals surface area contributed by atoms with Crippen LogP contribution in [-0.2, 0) is 4.79 Å². The van der Waals surface area contributed by atoms with E-state index in [0.29, 0.717) is 17.7 Å². The van der Waals surface area contributed by atoms with Crippen molar-refractivity contribution in [1.82, 2.24) is 15.1 Å². The van der Waals surface area contributed by atoms with Gasteiger partial charge in [-0.05, 0) is 50.6 Å².